The molecule has 4 heteroatoms. The van der Waals surface area contributed by atoms with E-state index in [4.69, 9.17) is 6.42 Å². The van der Waals surface area contributed by atoms with E-state index in [1.165, 1.54) is 0 Å². The molecule has 1 aromatic carbocycles. The van der Waals surface area contributed by atoms with E-state index in [-0.39, 0.29) is 11.9 Å². The van der Waals surface area contributed by atoms with Crippen molar-refractivity contribution in [3.05, 3.63) is 32.7 Å². The topological polar surface area (TPSA) is 29.1 Å². The van der Waals surface area contributed by atoms with Crippen LogP contribution in [0.25, 0.3) is 0 Å². The van der Waals surface area contributed by atoms with E-state index >= 15 is 0 Å². The average Bonchev–Trinajstić information content (AvgIpc) is 2.27. The van der Waals surface area contributed by atoms with Crippen LogP contribution in [0.1, 0.15) is 30.1 Å². The number of terminal acetylenes is 1. The fourth-order valence-electron chi connectivity index (χ4n) is 1.41. The largest absolute Gasteiger partial charge is 0.338 e. The van der Waals surface area contributed by atoms with Crippen LogP contribution in [0.15, 0.2) is 27.1 Å². The van der Waals surface area contributed by atoms with Crippen LogP contribution >= 0.6 is 31.9 Å². The molecule has 0 bridgehead atoms. The number of amides is 1. The number of nitrogens with one attached hydrogen (secondary N) is 1. The number of rotatable bonds is 4. The molecule has 0 radical (unpaired) electrons. The molecule has 0 saturated heterocycles. The predicted octanol–water partition coefficient (Wildman–Crippen LogP) is 3.74. The summed E-state index contributed by atoms with van der Waals surface area (Å²) in [4.78, 5) is 11.9. The Bertz CT molecular complexity index is 431. The lowest BCUT2D eigenvalue weighted by Crippen LogP contribution is -2.33. The third-order valence-electron chi connectivity index (χ3n) is 2.21. The zero-order chi connectivity index (χ0) is 12.8. The van der Waals surface area contributed by atoms with Gasteiger partial charge in [0.2, 0.25) is 0 Å². The lowest BCUT2D eigenvalue weighted by Gasteiger charge is -2.12. The average molecular weight is 359 g/mol. The maximum absolute atomic E-state index is 11.9. The summed E-state index contributed by atoms with van der Waals surface area (Å²) in [6.07, 6.45) is 7.09. The molecule has 1 rings (SSSR count). The normalized spacial score (nSPS) is 11.6. The fraction of sp³-hybridized carbons (Fsp3) is 0.308. The minimum atomic E-state index is -0.203. The lowest BCUT2D eigenvalue weighted by atomic mass is 10.1. The number of carbonyl (C=O) groups excluding carboxylic acids is 1. The molecule has 1 unspecified atom stereocenters. The van der Waals surface area contributed by atoms with Crippen LogP contribution in [0.2, 0.25) is 0 Å². The lowest BCUT2D eigenvalue weighted by molar-refractivity contribution is 0.0944. The van der Waals surface area contributed by atoms with Gasteiger partial charge in [-0.15, -0.1) is 6.42 Å². The summed E-state index contributed by atoms with van der Waals surface area (Å²) in [5.41, 5.74) is 0.586. The van der Waals surface area contributed by atoms with Crippen LogP contribution in [-0.4, -0.2) is 11.9 Å². The van der Waals surface area contributed by atoms with Crippen LogP contribution < -0.4 is 5.32 Å². The highest BCUT2D eigenvalue weighted by Gasteiger charge is 2.11. The Morgan fingerprint density at radius 2 is 2.00 bits per heavy atom. The van der Waals surface area contributed by atoms with E-state index < -0.39 is 0 Å². The van der Waals surface area contributed by atoms with Gasteiger partial charge in [0.05, 0.1) is 6.04 Å². The number of halogens is 2. The molecule has 2 nitrogen and oxygen atoms in total. The van der Waals surface area contributed by atoms with Crippen molar-refractivity contribution in [2.75, 3.05) is 0 Å². The first kappa shape index (κ1) is 14.3. The van der Waals surface area contributed by atoms with Gasteiger partial charge in [-0.25, -0.2) is 0 Å². The van der Waals surface area contributed by atoms with Gasteiger partial charge in [0.25, 0.3) is 5.91 Å². The predicted molar refractivity (Wildman–Crippen MR) is 76.8 cm³/mol. The van der Waals surface area contributed by atoms with Gasteiger partial charge in [0.1, 0.15) is 0 Å². The highest BCUT2D eigenvalue weighted by atomic mass is 79.9. The Morgan fingerprint density at radius 1 is 1.41 bits per heavy atom. The molecule has 1 aromatic rings. The molecule has 1 N–H and O–H groups in total. The van der Waals surface area contributed by atoms with Crippen molar-refractivity contribution in [2.24, 2.45) is 0 Å². The van der Waals surface area contributed by atoms with Gasteiger partial charge in [0.15, 0.2) is 0 Å². The van der Waals surface area contributed by atoms with E-state index in [9.17, 15) is 4.79 Å². The second-order valence-electron chi connectivity index (χ2n) is 3.64. The summed E-state index contributed by atoms with van der Waals surface area (Å²) in [6.45, 7) is 2.03. The first-order valence-corrected chi connectivity index (χ1v) is 6.88. The Balaban J connectivity index is 2.79. The number of hydrogen-bond acceptors (Lipinski definition) is 1. The minimum absolute atomic E-state index is 0.150. The Labute approximate surface area is 118 Å². The van der Waals surface area contributed by atoms with Gasteiger partial charge in [-0.3, -0.25) is 4.79 Å². The fourth-order valence-corrected chi connectivity index (χ4v) is 2.71. The van der Waals surface area contributed by atoms with Crippen LogP contribution in [-0.2, 0) is 0 Å². The van der Waals surface area contributed by atoms with Gasteiger partial charge in [-0.05, 0) is 24.6 Å². The molecular weight excluding hydrogens is 346 g/mol. The van der Waals surface area contributed by atoms with Gasteiger partial charge in [-0.1, -0.05) is 51.1 Å². The highest BCUT2D eigenvalue weighted by molar-refractivity contribution is 9.11. The molecule has 1 atom stereocenters. The zero-order valence-corrected chi connectivity index (χ0v) is 12.6. The monoisotopic (exact) mass is 357 g/mol. The summed E-state index contributed by atoms with van der Waals surface area (Å²) in [7, 11) is 0. The van der Waals surface area contributed by atoms with E-state index in [1.807, 2.05) is 13.0 Å². The summed E-state index contributed by atoms with van der Waals surface area (Å²) < 4.78 is 1.70. The minimum Gasteiger partial charge on any atom is -0.338 e. The molecule has 1 amide bonds. The molecule has 0 heterocycles. The molecule has 0 aliphatic rings. The van der Waals surface area contributed by atoms with Crippen LogP contribution in [0.5, 0.6) is 0 Å². The maximum atomic E-state index is 11.9. The maximum Gasteiger partial charge on any atom is 0.252 e. The molecule has 0 aliphatic carbocycles. The molecule has 0 fully saturated rings. The van der Waals surface area contributed by atoms with E-state index in [1.54, 1.807) is 12.1 Å². The van der Waals surface area contributed by atoms with E-state index in [0.29, 0.717) is 5.56 Å². The SMILES string of the molecule is C#CC(CCC)NC(=O)c1cc(Br)cc(Br)c1. The van der Waals surface area contributed by atoms with Gasteiger partial charge in [-0.2, -0.15) is 0 Å². The van der Waals surface area contributed by atoms with Crippen molar-refractivity contribution < 1.29 is 4.79 Å². The van der Waals surface area contributed by atoms with E-state index in [2.05, 4.69) is 43.1 Å². The second kappa shape index (κ2) is 6.83. The van der Waals surface area contributed by atoms with Gasteiger partial charge in [0, 0.05) is 14.5 Å². The molecule has 0 aliphatic heterocycles. The highest BCUT2D eigenvalue weighted by Crippen LogP contribution is 2.20. The quantitative estimate of drug-likeness (QED) is 0.816. The number of carbonyl (C=O) groups is 1. The summed E-state index contributed by atoms with van der Waals surface area (Å²) in [6, 6.07) is 5.20. The third kappa shape index (κ3) is 4.53. The molecule has 0 spiro atoms. The van der Waals surface area contributed by atoms with Crippen molar-refractivity contribution in [2.45, 2.75) is 25.8 Å². The van der Waals surface area contributed by atoms with Crippen molar-refractivity contribution in [1.29, 1.82) is 0 Å². The second-order valence-corrected chi connectivity index (χ2v) is 5.47. The standard InChI is InChI=1S/C13H13Br2NO/c1-3-5-12(4-2)16-13(17)9-6-10(14)8-11(15)7-9/h2,6-8,12H,3,5H2,1H3,(H,16,17). The van der Waals surface area contributed by atoms with Gasteiger partial charge < -0.3 is 5.32 Å². The van der Waals surface area contributed by atoms with Crippen LogP contribution in [0.4, 0.5) is 0 Å². The van der Waals surface area contributed by atoms with E-state index in [0.717, 1.165) is 21.8 Å². The summed E-state index contributed by atoms with van der Waals surface area (Å²) in [5, 5.41) is 2.82. The van der Waals surface area contributed by atoms with Crippen molar-refractivity contribution in [1.82, 2.24) is 5.32 Å². The van der Waals surface area contributed by atoms with Crippen molar-refractivity contribution in [3.8, 4) is 12.3 Å². The zero-order valence-electron chi connectivity index (χ0n) is 9.47. The molecule has 0 aromatic heterocycles. The first-order valence-electron chi connectivity index (χ1n) is 5.30. The van der Waals surface area contributed by atoms with Gasteiger partial charge >= 0.3 is 0 Å². The van der Waals surface area contributed by atoms with Crippen molar-refractivity contribution in [3.63, 3.8) is 0 Å². The number of hydrogen-bond donors (Lipinski definition) is 1. The molecule has 17 heavy (non-hydrogen) atoms. The van der Waals surface area contributed by atoms with Crippen LogP contribution in [0.3, 0.4) is 0 Å². The smallest absolute Gasteiger partial charge is 0.252 e. The molecule has 90 valence electrons. The number of benzene rings is 1. The molecule has 0 saturated carbocycles. The van der Waals surface area contributed by atoms with Crippen LogP contribution in [0, 0.1) is 12.3 Å². The summed E-state index contributed by atoms with van der Waals surface area (Å²) >= 11 is 6.69. The Morgan fingerprint density at radius 3 is 2.47 bits per heavy atom. The first-order chi connectivity index (χ1) is 8.06. The Kier molecular flexibility index (Phi) is 5.73. The third-order valence-corrected chi connectivity index (χ3v) is 3.12. The summed E-state index contributed by atoms with van der Waals surface area (Å²) in [5.74, 6) is 2.43. The Hall–Kier alpha value is -0.790. The molecular formula is C13H13Br2NO. The van der Waals surface area contributed by atoms with Crippen molar-refractivity contribution >= 4 is 37.8 Å².